The molecule has 6 heteroatoms. The van der Waals surface area contributed by atoms with Crippen molar-refractivity contribution in [3.8, 4) is 0 Å². The van der Waals surface area contributed by atoms with Crippen LogP contribution in [0, 0.1) is 6.92 Å². The number of aryl methyl sites for hydroxylation is 1. The summed E-state index contributed by atoms with van der Waals surface area (Å²) in [6.45, 7) is 5.24. The highest BCUT2D eigenvalue weighted by atomic mass is 16.1. The number of piperidine rings is 1. The zero-order valence-electron chi connectivity index (χ0n) is 15.4. The standard InChI is InChI=1S/C20H27N5O/c1-16-23-18(15-19(24-16)25-12-6-3-7-13-25)21-10-11-22-20(26)14-17-8-4-2-5-9-17/h2,4-5,8-9,15H,3,6-7,10-14H2,1H3,(H,22,26)(H,21,23,24). The van der Waals surface area contributed by atoms with E-state index in [-0.39, 0.29) is 5.91 Å². The van der Waals surface area contributed by atoms with Crippen LogP contribution in [0.3, 0.4) is 0 Å². The SMILES string of the molecule is Cc1nc(NCCNC(=O)Cc2ccccc2)cc(N2CCCCC2)n1. The van der Waals surface area contributed by atoms with E-state index < -0.39 is 0 Å². The molecule has 2 heterocycles. The van der Waals surface area contributed by atoms with Crippen molar-refractivity contribution in [1.82, 2.24) is 15.3 Å². The third kappa shape index (κ3) is 5.44. The Morgan fingerprint density at radius 2 is 1.85 bits per heavy atom. The monoisotopic (exact) mass is 353 g/mol. The van der Waals surface area contributed by atoms with Gasteiger partial charge in [-0.2, -0.15) is 0 Å². The van der Waals surface area contributed by atoms with Crippen molar-refractivity contribution >= 4 is 17.5 Å². The molecule has 0 aliphatic carbocycles. The van der Waals surface area contributed by atoms with Crippen molar-refractivity contribution in [2.24, 2.45) is 0 Å². The normalized spacial score (nSPS) is 14.1. The molecule has 1 aromatic heterocycles. The van der Waals surface area contributed by atoms with E-state index in [1.165, 1.54) is 19.3 Å². The number of hydrogen-bond acceptors (Lipinski definition) is 5. The summed E-state index contributed by atoms with van der Waals surface area (Å²) in [5.74, 6) is 2.61. The summed E-state index contributed by atoms with van der Waals surface area (Å²) in [6, 6.07) is 11.8. The lowest BCUT2D eigenvalue weighted by atomic mass is 10.1. The molecule has 1 aromatic carbocycles. The molecular weight excluding hydrogens is 326 g/mol. The fraction of sp³-hybridized carbons (Fsp3) is 0.450. The van der Waals surface area contributed by atoms with E-state index in [0.717, 1.165) is 36.1 Å². The molecule has 0 radical (unpaired) electrons. The maximum atomic E-state index is 12.0. The molecule has 2 N–H and O–H groups in total. The van der Waals surface area contributed by atoms with E-state index in [9.17, 15) is 4.79 Å². The first-order chi connectivity index (χ1) is 12.7. The fourth-order valence-electron chi connectivity index (χ4n) is 3.16. The molecule has 0 unspecified atom stereocenters. The quantitative estimate of drug-likeness (QED) is 0.749. The second kappa shape index (κ2) is 9.17. The molecule has 6 nitrogen and oxygen atoms in total. The Hall–Kier alpha value is -2.63. The van der Waals surface area contributed by atoms with Gasteiger partial charge in [0.2, 0.25) is 5.91 Å². The molecule has 1 amide bonds. The molecule has 2 aromatic rings. The van der Waals surface area contributed by atoms with Crippen LogP contribution in [0.5, 0.6) is 0 Å². The third-order valence-electron chi connectivity index (χ3n) is 4.47. The van der Waals surface area contributed by atoms with Crippen molar-refractivity contribution in [2.75, 3.05) is 36.4 Å². The number of nitrogens with one attached hydrogen (secondary N) is 2. The van der Waals surface area contributed by atoms with Gasteiger partial charge in [-0.1, -0.05) is 30.3 Å². The molecule has 0 saturated carbocycles. The van der Waals surface area contributed by atoms with Crippen LogP contribution in [0.4, 0.5) is 11.6 Å². The molecule has 1 aliphatic heterocycles. The summed E-state index contributed by atoms with van der Waals surface area (Å²) in [4.78, 5) is 23.3. The Labute approximate surface area is 155 Å². The number of benzene rings is 1. The van der Waals surface area contributed by atoms with Crippen LogP contribution in [0.25, 0.3) is 0 Å². The highest BCUT2D eigenvalue weighted by molar-refractivity contribution is 5.78. The van der Waals surface area contributed by atoms with E-state index in [2.05, 4.69) is 25.5 Å². The molecule has 26 heavy (non-hydrogen) atoms. The Morgan fingerprint density at radius 1 is 1.08 bits per heavy atom. The van der Waals surface area contributed by atoms with Crippen molar-refractivity contribution in [3.05, 3.63) is 47.8 Å². The van der Waals surface area contributed by atoms with Gasteiger partial charge in [0.1, 0.15) is 17.5 Å². The third-order valence-corrected chi connectivity index (χ3v) is 4.47. The van der Waals surface area contributed by atoms with Gasteiger partial charge in [0.05, 0.1) is 6.42 Å². The minimum absolute atomic E-state index is 0.0332. The minimum Gasteiger partial charge on any atom is -0.368 e. The average molecular weight is 353 g/mol. The van der Waals surface area contributed by atoms with Gasteiger partial charge in [-0.3, -0.25) is 4.79 Å². The molecule has 1 aliphatic rings. The van der Waals surface area contributed by atoms with Gasteiger partial charge in [0.15, 0.2) is 0 Å². The second-order valence-electron chi connectivity index (χ2n) is 6.65. The summed E-state index contributed by atoms with van der Waals surface area (Å²) in [7, 11) is 0. The van der Waals surface area contributed by atoms with Gasteiger partial charge >= 0.3 is 0 Å². The maximum absolute atomic E-state index is 12.0. The molecule has 138 valence electrons. The van der Waals surface area contributed by atoms with Crippen molar-refractivity contribution < 1.29 is 4.79 Å². The average Bonchev–Trinajstić information content (AvgIpc) is 2.66. The topological polar surface area (TPSA) is 70.2 Å². The van der Waals surface area contributed by atoms with Gasteiger partial charge < -0.3 is 15.5 Å². The lowest BCUT2D eigenvalue weighted by Crippen LogP contribution is -2.31. The first kappa shape index (κ1) is 18.2. The van der Waals surface area contributed by atoms with Crippen LogP contribution < -0.4 is 15.5 Å². The van der Waals surface area contributed by atoms with E-state index >= 15 is 0 Å². The summed E-state index contributed by atoms with van der Waals surface area (Å²) in [6.07, 6.45) is 4.15. The first-order valence-electron chi connectivity index (χ1n) is 9.36. The van der Waals surface area contributed by atoms with Gasteiger partial charge in [-0.25, -0.2) is 9.97 Å². The van der Waals surface area contributed by atoms with Crippen molar-refractivity contribution in [2.45, 2.75) is 32.6 Å². The van der Waals surface area contributed by atoms with Crippen LogP contribution in [0.15, 0.2) is 36.4 Å². The molecule has 3 rings (SSSR count). The Kier molecular flexibility index (Phi) is 6.41. The van der Waals surface area contributed by atoms with Gasteiger partial charge in [-0.05, 0) is 31.7 Å². The van der Waals surface area contributed by atoms with E-state index in [1.54, 1.807) is 0 Å². The number of carbonyl (C=O) groups is 1. The molecule has 0 spiro atoms. The number of amides is 1. The maximum Gasteiger partial charge on any atom is 0.224 e. The number of anilines is 2. The largest absolute Gasteiger partial charge is 0.368 e. The summed E-state index contributed by atoms with van der Waals surface area (Å²) >= 11 is 0. The van der Waals surface area contributed by atoms with Crippen molar-refractivity contribution in [3.63, 3.8) is 0 Å². The summed E-state index contributed by atoms with van der Waals surface area (Å²) < 4.78 is 0. The predicted molar refractivity (Wildman–Crippen MR) is 104 cm³/mol. The number of carbonyl (C=O) groups excluding carboxylic acids is 1. The Morgan fingerprint density at radius 3 is 2.62 bits per heavy atom. The van der Waals surface area contributed by atoms with Gasteiger partial charge in [0, 0.05) is 32.2 Å². The highest BCUT2D eigenvalue weighted by Crippen LogP contribution is 2.20. The smallest absolute Gasteiger partial charge is 0.224 e. The van der Waals surface area contributed by atoms with Crippen LogP contribution in [-0.4, -0.2) is 42.1 Å². The van der Waals surface area contributed by atoms with Crippen molar-refractivity contribution in [1.29, 1.82) is 0 Å². The molecule has 1 fully saturated rings. The first-order valence-corrected chi connectivity index (χ1v) is 9.36. The van der Waals surface area contributed by atoms with E-state index in [0.29, 0.717) is 19.5 Å². The van der Waals surface area contributed by atoms with Crippen LogP contribution in [0.2, 0.25) is 0 Å². The van der Waals surface area contributed by atoms with Crippen LogP contribution in [-0.2, 0) is 11.2 Å². The van der Waals surface area contributed by atoms with E-state index in [4.69, 9.17) is 0 Å². The minimum atomic E-state index is 0.0332. The lowest BCUT2D eigenvalue weighted by Gasteiger charge is -2.28. The Balaban J connectivity index is 1.45. The fourth-order valence-corrected chi connectivity index (χ4v) is 3.16. The summed E-state index contributed by atoms with van der Waals surface area (Å²) in [5, 5.41) is 6.23. The zero-order chi connectivity index (χ0) is 18.2. The van der Waals surface area contributed by atoms with Gasteiger partial charge in [-0.15, -0.1) is 0 Å². The van der Waals surface area contributed by atoms with Crippen LogP contribution >= 0.6 is 0 Å². The molecule has 0 atom stereocenters. The second-order valence-corrected chi connectivity index (χ2v) is 6.65. The number of aromatic nitrogens is 2. The molecule has 1 saturated heterocycles. The number of rotatable bonds is 7. The number of nitrogens with zero attached hydrogens (tertiary/aromatic N) is 3. The lowest BCUT2D eigenvalue weighted by molar-refractivity contribution is -0.120. The highest BCUT2D eigenvalue weighted by Gasteiger charge is 2.13. The van der Waals surface area contributed by atoms with Gasteiger partial charge in [0.25, 0.3) is 0 Å². The number of hydrogen-bond donors (Lipinski definition) is 2. The summed E-state index contributed by atoms with van der Waals surface area (Å²) in [5.41, 5.74) is 1.02. The Bertz CT molecular complexity index is 713. The molecular formula is C20H27N5O. The molecule has 0 bridgehead atoms. The van der Waals surface area contributed by atoms with Crippen LogP contribution in [0.1, 0.15) is 30.7 Å². The van der Waals surface area contributed by atoms with E-state index in [1.807, 2.05) is 43.3 Å². The zero-order valence-corrected chi connectivity index (χ0v) is 15.4. The predicted octanol–water partition coefficient (Wildman–Crippen LogP) is 2.55.